The van der Waals surface area contributed by atoms with Crippen molar-refractivity contribution in [2.45, 2.75) is 76.5 Å². The number of alkyl halides is 6. The number of ether oxygens (including phenoxy) is 1. The minimum absolute atomic E-state index is 0.112. The van der Waals surface area contributed by atoms with Crippen molar-refractivity contribution < 1.29 is 40.7 Å². The molecule has 15 heteroatoms. The van der Waals surface area contributed by atoms with E-state index >= 15 is 0 Å². The number of likely N-dealkylation sites (tertiary alicyclic amines) is 1. The summed E-state index contributed by atoms with van der Waals surface area (Å²) in [4.78, 5) is 40.2. The fraction of sp³-hybridized carbons (Fsp3) is 0.452. The van der Waals surface area contributed by atoms with Gasteiger partial charge >= 0.3 is 12.5 Å². The van der Waals surface area contributed by atoms with Crippen LogP contribution in [0, 0.1) is 11.8 Å². The number of amides is 2. The molecule has 57 heavy (non-hydrogen) atoms. The zero-order valence-corrected chi connectivity index (χ0v) is 31.5. The third-order valence-electron chi connectivity index (χ3n) is 11.6. The maximum atomic E-state index is 14.2. The number of piperidine rings is 3. The molecule has 1 atom stereocenters. The van der Waals surface area contributed by atoms with Crippen LogP contribution in [0.4, 0.5) is 37.7 Å². The topological polar surface area (TPSA) is 95.9 Å². The minimum atomic E-state index is -4.88. The SMILES string of the molecule is Cn1cc(-c2ccc(CN3CCC(CCC4CCN(c5ccc(NC6CCC(=O)NC6=O)cc5C(F)(F)F)CC4)CC3)c(OC(F)(F)F)c2)c2ccccc2c1=O. The van der Waals surface area contributed by atoms with Crippen molar-refractivity contribution in [1.82, 2.24) is 14.8 Å². The van der Waals surface area contributed by atoms with E-state index in [0.29, 0.717) is 58.9 Å². The monoisotopic (exact) mass is 797 g/mol. The molecule has 1 aromatic heterocycles. The fourth-order valence-corrected chi connectivity index (χ4v) is 8.49. The summed E-state index contributed by atoms with van der Waals surface area (Å²) in [5.74, 6) is -0.393. The number of rotatable bonds is 10. The first kappa shape index (κ1) is 40.2. The Kier molecular flexibility index (Phi) is 11.6. The van der Waals surface area contributed by atoms with E-state index in [0.717, 1.165) is 57.7 Å². The number of pyridine rings is 1. The van der Waals surface area contributed by atoms with Crippen molar-refractivity contribution in [3.8, 4) is 16.9 Å². The predicted molar refractivity (Wildman–Crippen MR) is 205 cm³/mol. The van der Waals surface area contributed by atoms with E-state index in [4.69, 9.17) is 0 Å². The van der Waals surface area contributed by atoms with E-state index in [1.807, 2.05) is 0 Å². The predicted octanol–water partition coefficient (Wildman–Crippen LogP) is 8.25. The second-order valence-electron chi connectivity index (χ2n) is 15.5. The Hall–Kier alpha value is -5.05. The maximum Gasteiger partial charge on any atom is 0.573 e. The molecule has 0 radical (unpaired) electrons. The number of nitrogens with one attached hydrogen (secondary N) is 2. The molecule has 3 aliphatic rings. The van der Waals surface area contributed by atoms with Gasteiger partial charge in [0.15, 0.2) is 0 Å². The number of carbonyl (C=O) groups is 2. The largest absolute Gasteiger partial charge is 0.573 e. The molecule has 2 N–H and O–H groups in total. The lowest BCUT2D eigenvalue weighted by atomic mass is 9.85. The summed E-state index contributed by atoms with van der Waals surface area (Å²) in [5.41, 5.74) is 0.867. The number of fused-ring (bicyclic) bond motifs is 1. The molecule has 0 bridgehead atoms. The molecule has 3 aliphatic heterocycles. The number of benzene rings is 3. The first-order valence-electron chi connectivity index (χ1n) is 19.4. The lowest BCUT2D eigenvalue weighted by molar-refractivity contribution is -0.275. The van der Waals surface area contributed by atoms with Gasteiger partial charge in [-0.25, -0.2) is 0 Å². The smallest absolute Gasteiger partial charge is 0.405 e. The van der Waals surface area contributed by atoms with Crippen LogP contribution in [0.2, 0.25) is 0 Å². The van der Waals surface area contributed by atoms with Gasteiger partial charge in [0, 0.05) is 67.2 Å². The first-order chi connectivity index (χ1) is 27.1. The zero-order chi connectivity index (χ0) is 40.5. The number of carbonyl (C=O) groups excluding carboxylic acids is 2. The highest BCUT2D eigenvalue weighted by Crippen LogP contribution is 2.41. The van der Waals surface area contributed by atoms with Gasteiger partial charge in [-0.3, -0.25) is 24.6 Å². The Balaban J connectivity index is 0.922. The minimum Gasteiger partial charge on any atom is -0.405 e. The first-order valence-corrected chi connectivity index (χ1v) is 19.4. The maximum absolute atomic E-state index is 14.2. The number of hydrogen-bond donors (Lipinski definition) is 2. The van der Waals surface area contributed by atoms with Crippen LogP contribution in [-0.2, 0) is 29.4 Å². The summed E-state index contributed by atoms with van der Waals surface area (Å²) in [6.07, 6.45) is -2.28. The molecule has 304 valence electrons. The van der Waals surface area contributed by atoms with Gasteiger partial charge in [-0.1, -0.05) is 43.2 Å². The van der Waals surface area contributed by atoms with Gasteiger partial charge in [0.2, 0.25) is 11.8 Å². The number of aryl methyl sites for hydroxylation is 1. The van der Waals surface area contributed by atoms with Crippen LogP contribution in [-0.4, -0.2) is 59.9 Å². The number of hydrogen-bond acceptors (Lipinski definition) is 7. The molecule has 7 rings (SSSR count). The van der Waals surface area contributed by atoms with E-state index in [2.05, 4.69) is 20.3 Å². The lowest BCUT2D eigenvalue weighted by Gasteiger charge is -2.36. The second kappa shape index (κ2) is 16.4. The standard InChI is InChI=1S/C42H45F6N5O4/c1-51-25-33(31-4-2-3-5-32(31)40(51)56)28-8-9-29(37(22-28)57-42(46,47)48)24-52-18-14-26(15-19-52)6-7-27-16-20-53(21-17-27)36-12-10-30(23-34(36)41(43,44)45)49-35-11-13-38(54)50-39(35)55/h2-5,8-10,12,22-23,25-27,35,49H,6-7,11,13-21,24H2,1H3,(H,50,54,55). The Morgan fingerprint density at radius 1 is 0.807 bits per heavy atom. The fourth-order valence-electron chi connectivity index (χ4n) is 8.49. The summed E-state index contributed by atoms with van der Waals surface area (Å²) < 4.78 is 89.5. The number of imide groups is 1. The van der Waals surface area contributed by atoms with Crippen molar-refractivity contribution in [3.63, 3.8) is 0 Å². The van der Waals surface area contributed by atoms with E-state index < -0.39 is 36.0 Å². The van der Waals surface area contributed by atoms with Crippen molar-refractivity contribution in [2.75, 3.05) is 36.4 Å². The second-order valence-corrected chi connectivity index (χ2v) is 15.5. The number of nitrogens with zero attached hydrogens (tertiary/aromatic N) is 3. The zero-order valence-electron chi connectivity index (χ0n) is 31.5. The molecule has 4 heterocycles. The summed E-state index contributed by atoms with van der Waals surface area (Å²) in [7, 11) is 1.61. The van der Waals surface area contributed by atoms with E-state index in [9.17, 15) is 40.7 Å². The van der Waals surface area contributed by atoms with E-state index in [1.165, 1.54) is 16.7 Å². The van der Waals surface area contributed by atoms with Gasteiger partial charge in [0.1, 0.15) is 11.8 Å². The van der Waals surface area contributed by atoms with Crippen molar-refractivity contribution in [2.24, 2.45) is 18.9 Å². The van der Waals surface area contributed by atoms with Crippen LogP contribution < -0.4 is 25.8 Å². The average molecular weight is 798 g/mol. The van der Waals surface area contributed by atoms with E-state index in [1.54, 1.807) is 60.6 Å². The van der Waals surface area contributed by atoms with Crippen molar-refractivity contribution >= 4 is 34.0 Å². The van der Waals surface area contributed by atoms with Crippen LogP contribution in [0.1, 0.15) is 62.5 Å². The highest BCUT2D eigenvalue weighted by atomic mass is 19.4. The average Bonchev–Trinajstić information content (AvgIpc) is 3.17. The highest BCUT2D eigenvalue weighted by molar-refractivity contribution is 6.01. The number of halogens is 6. The van der Waals surface area contributed by atoms with Crippen LogP contribution >= 0.6 is 0 Å². The third-order valence-corrected chi connectivity index (χ3v) is 11.6. The highest BCUT2D eigenvalue weighted by Gasteiger charge is 2.37. The molecule has 0 spiro atoms. The Morgan fingerprint density at radius 2 is 1.47 bits per heavy atom. The number of anilines is 2. The molecule has 0 aliphatic carbocycles. The summed E-state index contributed by atoms with van der Waals surface area (Å²) in [6, 6.07) is 15.1. The molecule has 3 saturated heterocycles. The summed E-state index contributed by atoms with van der Waals surface area (Å²) in [5, 5.41) is 6.17. The summed E-state index contributed by atoms with van der Waals surface area (Å²) >= 11 is 0. The third kappa shape index (κ3) is 9.57. The molecule has 4 aromatic rings. The molecule has 9 nitrogen and oxygen atoms in total. The van der Waals surface area contributed by atoms with Gasteiger partial charge in [-0.15, -0.1) is 13.2 Å². The molecule has 1 unspecified atom stereocenters. The van der Waals surface area contributed by atoms with Crippen LogP contribution in [0.3, 0.4) is 0 Å². The molecular formula is C42H45F6N5O4. The van der Waals surface area contributed by atoms with Gasteiger partial charge in [-0.2, -0.15) is 13.2 Å². The van der Waals surface area contributed by atoms with Gasteiger partial charge in [0.05, 0.1) is 5.56 Å². The summed E-state index contributed by atoms with van der Waals surface area (Å²) in [6.45, 7) is 2.71. The molecular weight excluding hydrogens is 752 g/mol. The van der Waals surface area contributed by atoms with E-state index in [-0.39, 0.29) is 35.5 Å². The molecule has 3 aromatic carbocycles. The van der Waals surface area contributed by atoms with Gasteiger partial charge in [-0.05, 0) is 98.3 Å². The van der Waals surface area contributed by atoms with Crippen LogP contribution in [0.15, 0.2) is 71.7 Å². The molecule has 2 amide bonds. The van der Waals surface area contributed by atoms with Crippen molar-refractivity contribution in [3.05, 3.63) is 88.3 Å². The van der Waals surface area contributed by atoms with Crippen LogP contribution in [0.25, 0.3) is 21.9 Å². The quantitative estimate of drug-likeness (QED) is 0.123. The van der Waals surface area contributed by atoms with Gasteiger partial charge in [0.25, 0.3) is 5.56 Å². The Labute approximate surface area is 326 Å². The Bertz CT molecular complexity index is 2170. The molecule has 0 saturated carbocycles. The lowest BCUT2D eigenvalue weighted by Crippen LogP contribution is -2.47. The Morgan fingerprint density at radius 3 is 2.12 bits per heavy atom. The number of aromatic nitrogens is 1. The molecule has 3 fully saturated rings. The van der Waals surface area contributed by atoms with Crippen LogP contribution in [0.5, 0.6) is 5.75 Å². The van der Waals surface area contributed by atoms with Crippen molar-refractivity contribution in [1.29, 1.82) is 0 Å². The normalized spacial score (nSPS) is 19.2. The van der Waals surface area contributed by atoms with Gasteiger partial charge < -0.3 is 19.5 Å².